The number of rotatable bonds is 6. The Bertz CT molecular complexity index is 1130. The fraction of sp³-hybridized carbons (Fsp3) is 0.150. The summed E-state index contributed by atoms with van der Waals surface area (Å²) in [6.45, 7) is 0.0418. The van der Waals surface area contributed by atoms with E-state index in [1.807, 2.05) is 30.5 Å². The van der Waals surface area contributed by atoms with Crippen LogP contribution in [0.1, 0.15) is 21.7 Å². The number of carbonyl (C=O) groups excluding carboxylic acids is 1. The number of benzene rings is 2. The van der Waals surface area contributed by atoms with Crippen molar-refractivity contribution in [2.24, 2.45) is 0 Å². The van der Waals surface area contributed by atoms with Gasteiger partial charge in [0.05, 0.1) is 11.6 Å². The van der Waals surface area contributed by atoms with E-state index in [0.717, 1.165) is 16.5 Å². The van der Waals surface area contributed by atoms with Crippen LogP contribution in [-0.2, 0) is 13.0 Å². The van der Waals surface area contributed by atoms with Gasteiger partial charge in [-0.25, -0.2) is 0 Å². The van der Waals surface area contributed by atoms with Gasteiger partial charge in [-0.05, 0) is 30.2 Å². The maximum atomic E-state index is 12.6. The number of carbonyl (C=O) groups is 1. The van der Waals surface area contributed by atoms with Crippen LogP contribution in [0, 0.1) is 0 Å². The zero-order chi connectivity index (χ0) is 19.5. The lowest BCUT2D eigenvalue weighted by atomic mass is 10.1. The van der Waals surface area contributed by atoms with E-state index in [1.165, 1.54) is 4.80 Å². The Morgan fingerprint density at radius 2 is 1.93 bits per heavy atom. The number of fused-ring (bicyclic) bond motifs is 1. The van der Waals surface area contributed by atoms with Crippen molar-refractivity contribution in [2.75, 3.05) is 6.54 Å². The summed E-state index contributed by atoms with van der Waals surface area (Å²) >= 11 is 6.16. The SMILES string of the molecule is O=C(NCCc1c[nH]c2ccccc12)c1nn(-c2ccccc2Cl)nc1CO. The monoisotopic (exact) mass is 395 g/mol. The van der Waals surface area contributed by atoms with E-state index in [4.69, 9.17) is 11.6 Å². The molecule has 0 saturated heterocycles. The van der Waals surface area contributed by atoms with Crippen LogP contribution >= 0.6 is 11.6 Å². The van der Waals surface area contributed by atoms with E-state index in [2.05, 4.69) is 20.5 Å². The highest BCUT2D eigenvalue weighted by molar-refractivity contribution is 6.32. The van der Waals surface area contributed by atoms with Crippen LogP contribution in [0.5, 0.6) is 0 Å². The molecule has 0 atom stereocenters. The number of aromatic amines is 1. The van der Waals surface area contributed by atoms with E-state index in [1.54, 1.807) is 24.3 Å². The quantitative estimate of drug-likeness (QED) is 0.467. The number of H-pyrrole nitrogens is 1. The lowest BCUT2D eigenvalue weighted by Gasteiger charge is -2.03. The molecule has 0 unspecified atom stereocenters. The van der Waals surface area contributed by atoms with Crippen LogP contribution in [0.15, 0.2) is 54.7 Å². The van der Waals surface area contributed by atoms with Crippen LogP contribution in [-0.4, -0.2) is 37.5 Å². The Labute approximate surface area is 166 Å². The van der Waals surface area contributed by atoms with Crippen molar-refractivity contribution in [3.05, 3.63) is 76.7 Å². The molecule has 8 heteroatoms. The second-order valence-electron chi connectivity index (χ2n) is 6.26. The minimum atomic E-state index is -0.393. The van der Waals surface area contributed by atoms with Crippen molar-refractivity contribution < 1.29 is 9.90 Å². The topological polar surface area (TPSA) is 95.8 Å². The first kappa shape index (κ1) is 18.2. The van der Waals surface area contributed by atoms with E-state index in [9.17, 15) is 9.90 Å². The standard InChI is InChI=1S/C20H18ClN5O2/c21-15-6-2-4-8-18(15)26-24-17(12-27)19(25-26)20(28)22-10-9-13-11-23-16-7-3-1-5-14(13)16/h1-8,11,23,27H,9-10,12H2,(H,22,28). The average Bonchev–Trinajstić information content (AvgIpc) is 3.33. The number of hydrogen-bond donors (Lipinski definition) is 3. The molecule has 2 aromatic carbocycles. The van der Waals surface area contributed by atoms with Gasteiger partial charge in [0.25, 0.3) is 5.91 Å². The maximum Gasteiger partial charge on any atom is 0.273 e. The molecule has 142 valence electrons. The number of para-hydroxylation sites is 2. The van der Waals surface area contributed by atoms with Crippen molar-refractivity contribution in [1.82, 2.24) is 25.3 Å². The lowest BCUT2D eigenvalue weighted by molar-refractivity contribution is 0.0945. The highest BCUT2D eigenvalue weighted by Crippen LogP contribution is 2.20. The number of aliphatic hydroxyl groups excluding tert-OH is 1. The second kappa shape index (κ2) is 7.84. The van der Waals surface area contributed by atoms with E-state index in [0.29, 0.717) is 23.7 Å². The number of aliphatic hydroxyl groups is 1. The van der Waals surface area contributed by atoms with Crippen LogP contribution < -0.4 is 5.32 Å². The molecule has 0 bridgehead atoms. The highest BCUT2D eigenvalue weighted by atomic mass is 35.5. The van der Waals surface area contributed by atoms with Crippen LogP contribution in [0.3, 0.4) is 0 Å². The number of nitrogens with one attached hydrogen (secondary N) is 2. The van der Waals surface area contributed by atoms with Gasteiger partial charge in [-0.3, -0.25) is 4.79 Å². The normalized spacial score (nSPS) is 11.1. The summed E-state index contributed by atoms with van der Waals surface area (Å²) in [5, 5.41) is 22.4. The molecule has 4 rings (SSSR count). The molecule has 0 aliphatic carbocycles. The molecule has 2 aromatic heterocycles. The first-order valence-electron chi connectivity index (χ1n) is 8.82. The third kappa shape index (κ3) is 3.49. The molecule has 7 nitrogen and oxygen atoms in total. The lowest BCUT2D eigenvalue weighted by Crippen LogP contribution is -2.27. The molecule has 0 aliphatic heterocycles. The van der Waals surface area contributed by atoms with Gasteiger partial charge in [-0.15, -0.1) is 15.0 Å². The number of hydrogen-bond acceptors (Lipinski definition) is 4. The smallest absolute Gasteiger partial charge is 0.273 e. The molecule has 2 heterocycles. The summed E-state index contributed by atoms with van der Waals surface area (Å²) in [5.74, 6) is -0.387. The molecule has 4 aromatic rings. The number of amides is 1. The van der Waals surface area contributed by atoms with Crippen molar-refractivity contribution >= 4 is 28.4 Å². The van der Waals surface area contributed by atoms with Gasteiger partial charge in [0.2, 0.25) is 0 Å². The van der Waals surface area contributed by atoms with Crippen molar-refractivity contribution in [1.29, 1.82) is 0 Å². The van der Waals surface area contributed by atoms with Gasteiger partial charge >= 0.3 is 0 Å². The predicted molar refractivity (Wildman–Crippen MR) is 107 cm³/mol. The molecule has 3 N–H and O–H groups in total. The number of halogens is 1. The van der Waals surface area contributed by atoms with Gasteiger partial charge in [-0.2, -0.15) is 0 Å². The first-order chi connectivity index (χ1) is 13.7. The summed E-state index contributed by atoms with van der Waals surface area (Å²) in [7, 11) is 0. The third-order valence-electron chi connectivity index (χ3n) is 4.47. The van der Waals surface area contributed by atoms with Crippen molar-refractivity contribution in [3.8, 4) is 5.69 Å². The Morgan fingerprint density at radius 1 is 1.14 bits per heavy atom. The molecular formula is C20H18ClN5O2. The molecule has 0 radical (unpaired) electrons. The summed E-state index contributed by atoms with van der Waals surface area (Å²) in [6.07, 6.45) is 2.62. The maximum absolute atomic E-state index is 12.6. The van der Waals surface area contributed by atoms with E-state index >= 15 is 0 Å². The van der Waals surface area contributed by atoms with Gasteiger partial charge in [0.1, 0.15) is 11.4 Å². The fourth-order valence-electron chi connectivity index (χ4n) is 3.07. The summed E-state index contributed by atoms with van der Waals surface area (Å²) in [6, 6.07) is 15.1. The largest absolute Gasteiger partial charge is 0.390 e. The van der Waals surface area contributed by atoms with Crippen LogP contribution in [0.4, 0.5) is 0 Å². The summed E-state index contributed by atoms with van der Waals surface area (Å²) in [5.41, 5.74) is 3.01. The van der Waals surface area contributed by atoms with Crippen molar-refractivity contribution in [3.63, 3.8) is 0 Å². The minimum Gasteiger partial charge on any atom is -0.390 e. The molecule has 0 spiro atoms. The predicted octanol–water partition coefficient (Wildman–Crippen LogP) is 2.87. The summed E-state index contributed by atoms with van der Waals surface area (Å²) in [4.78, 5) is 17.1. The van der Waals surface area contributed by atoms with E-state index < -0.39 is 6.61 Å². The highest BCUT2D eigenvalue weighted by Gasteiger charge is 2.19. The first-order valence-corrected chi connectivity index (χ1v) is 9.20. The summed E-state index contributed by atoms with van der Waals surface area (Å²) < 4.78 is 0. The Morgan fingerprint density at radius 3 is 2.75 bits per heavy atom. The van der Waals surface area contributed by atoms with Gasteiger partial charge in [-0.1, -0.05) is 41.9 Å². The second-order valence-corrected chi connectivity index (χ2v) is 6.67. The minimum absolute atomic E-state index is 0.0846. The third-order valence-corrected chi connectivity index (χ3v) is 4.79. The van der Waals surface area contributed by atoms with Gasteiger partial charge in [0, 0.05) is 23.6 Å². The van der Waals surface area contributed by atoms with E-state index in [-0.39, 0.29) is 17.3 Å². The number of nitrogens with zero attached hydrogens (tertiary/aromatic N) is 3. The molecule has 28 heavy (non-hydrogen) atoms. The zero-order valence-corrected chi connectivity index (χ0v) is 15.6. The zero-order valence-electron chi connectivity index (χ0n) is 14.9. The molecule has 0 aliphatic rings. The molecule has 0 fully saturated rings. The molecule has 1 amide bonds. The van der Waals surface area contributed by atoms with Crippen LogP contribution in [0.25, 0.3) is 16.6 Å². The number of aromatic nitrogens is 4. The molecular weight excluding hydrogens is 378 g/mol. The van der Waals surface area contributed by atoms with Crippen LogP contribution in [0.2, 0.25) is 5.02 Å². The Hall–Kier alpha value is -3.16. The average molecular weight is 396 g/mol. The van der Waals surface area contributed by atoms with Gasteiger partial charge in [0.15, 0.2) is 5.69 Å². The Balaban J connectivity index is 1.48. The Kier molecular flexibility index (Phi) is 5.10. The fourth-order valence-corrected chi connectivity index (χ4v) is 3.29. The van der Waals surface area contributed by atoms with Crippen molar-refractivity contribution in [2.45, 2.75) is 13.0 Å². The molecule has 0 saturated carbocycles. The van der Waals surface area contributed by atoms with Gasteiger partial charge < -0.3 is 15.4 Å².